The van der Waals surface area contributed by atoms with Gasteiger partial charge in [0.15, 0.2) is 0 Å². The van der Waals surface area contributed by atoms with Gasteiger partial charge in [-0.2, -0.15) is 0 Å². The Morgan fingerprint density at radius 3 is 2.74 bits per heavy atom. The van der Waals surface area contributed by atoms with E-state index in [0.717, 1.165) is 11.1 Å². The standard InChI is InChI=1S/C19H15ClN4O2S/c1-13-6-7-14(18-12-24-9-3-8-21-19(24)22-18)10-17(13)23-27(25,26)16-5-2-4-15(20)11-16/h2-12,23H,1H3. The van der Waals surface area contributed by atoms with Gasteiger partial charge in [-0.1, -0.05) is 29.8 Å². The van der Waals surface area contributed by atoms with Crippen LogP contribution in [0, 0.1) is 6.92 Å². The molecule has 4 rings (SSSR count). The zero-order valence-corrected chi connectivity index (χ0v) is 15.9. The van der Waals surface area contributed by atoms with Crippen LogP contribution in [-0.2, 0) is 10.0 Å². The Kier molecular flexibility index (Phi) is 4.33. The van der Waals surface area contributed by atoms with Gasteiger partial charge in [0.2, 0.25) is 5.78 Å². The summed E-state index contributed by atoms with van der Waals surface area (Å²) in [6.07, 6.45) is 5.38. The lowest BCUT2D eigenvalue weighted by molar-refractivity contribution is 0.601. The number of hydrogen-bond acceptors (Lipinski definition) is 4. The van der Waals surface area contributed by atoms with E-state index in [0.29, 0.717) is 22.2 Å². The van der Waals surface area contributed by atoms with Crippen LogP contribution in [-0.4, -0.2) is 22.8 Å². The van der Waals surface area contributed by atoms with E-state index in [4.69, 9.17) is 11.6 Å². The summed E-state index contributed by atoms with van der Waals surface area (Å²) in [5, 5.41) is 0.362. The van der Waals surface area contributed by atoms with Crippen LogP contribution in [0.5, 0.6) is 0 Å². The maximum atomic E-state index is 12.7. The Labute approximate surface area is 161 Å². The Morgan fingerprint density at radius 1 is 1.11 bits per heavy atom. The van der Waals surface area contributed by atoms with Gasteiger partial charge in [0, 0.05) is 29.2 Å². The highest BCUT2D eigenvalue weighted by molar-refractivity contribution is 7.92. The third-order valence-electron chi connectivity index (χ3n) is 4.12. The van der Waals surface area contributed by atoms with Crippen molar-refractivity contribution in [3.05, 3.63) is 77.7 Å². The molecule has 0 amide bonds. The van der Waals surface area contributed by atoms with Crippen molar-refractivity contribution in [2.45, 2.75) is 11.8 Å². The van der Waals surface area contributed by atoms with Crippen molar-refractivity contribution in [2.75, 3.05) is 4.72 Å². The summed E-state index contributed by atoms with van der Waals surface area (Å²) >= 11 is 5.92. The molecule has 4 aromatic rings. The van der Waals surface area contributed by atoms with Crippen molar-refractivity contribution < 1.29 is 8.42 Å². The maximum absolute atomic E-state index is 12.7. The normalized spacial score (nSPS) is 11.6. The number of nitrogens with zero attached hydrogens (tertiary/aromatic N) is 3. The van der Waals surface area contributed by atoms with E-state index in [1.165, 1.54) is 12.1 Å². The number of sulfonamides is 1. The van der Waals surface area contributed by atoms with Crippen LogP contribution < -0.4 is 4.72 Å². The number of aromatic nitrogens is 3. The van der Waals surface area contributed by atoms with E-state index in [2.05, 4.69) is 14.7 Å². The van der Waals surface area contributed by atoms with Crippen LogP contribution in [0.25, 0.3) is 17.0 Å². The Balaban J connectivity index is 1.72. The van der Waals surface area contributed by atoms with Crippen LogP contribution in [0.15, 0.2) is 72.0 Å². The molecule has 27 heavy (non-hydrogen) atoms. The second kappa shape index (κ2) is 6.68. The lowest BCUT2D eigenvalue weighted by Crippen LogP contribution is -2.13. The molecule has 0 aliphatic carbocycles. The van der Waals surface area contributed by atoms with Gasteiger partial charge >= 0.3 is 0 Å². The molecule has 2 aromatic heterocycles. The van der Waals surface area contributed by atoms with Crippen LogP contribution >= 0.6 is 11.6 Å². The van der Waals surface area contributed by atoms with Gasteiger partial charge in [0.1, 0.15) is 0 Å². The molecule has 0 saturated heterocycles. The molecule has 0 spiro atoms. The third-order valence-corrected chi connectivity index (χ3v) is 5.72. The summed E-state index contributed by atoms with van der Waals surface area (Å²) in [7, 11) is -3.75. The van der Waals surface area contributed by atoms with Gasteiger partial charge in [0.25, 0.3) is 10.0 Å². The zero-order chi connectivity index (χ0) is 19.0. The average molecular weight is 399 g/mol. The number of fused-ring (bicyclic) bond motifs is 1. The van der Waals surface area contributed by atoms with Crippen LogP contribution in [0.4, 0.5) is 5.69 Å². The highest BCUT2D eigenvalue weighted by atomic mass is 35.5. The predicted octanol–water partition coefficient (Wildman–Crippen LogP) is 4.16. The first-order chi connectivity index (χ1) is 12.9. The van der Waals surface area contributed by atoms with Crippen molar-refractivity contribution >= 4 is 33.1 Å². The molecule has 0 bridgehead atoms. The van der Waals surface area contributed by atoms with Gasteiger partial charge in [0.05, 0.1) is 16.3 Å². The van der Waals surface area contributed by atoms with Crippen LogP contribution in [0.3, 0.4) is 0 Å². The second-order valence-electron chi connectivity index (χ2n) is 6.05. The molecule has 0 aliphatic heterocycles. The number of hydrogen-bond donors (Lipinski definition) is 1. The van der Waals surface area contributed by atoms with E-state index in [9.17, 15) is 8.42 Å². The summed E-state index contributed by atoms with van der Waals surface area (Å²) in [6, 6.07) is 13.5. The maximum Gasteiger partial charge on any atom is 0.261 e. The smallest absolute Gasteiger partial charge is 0.261 e. The molecule has 0 radical (unpaired) electrons. The zero-order valence-electron chi connectivity index (χ0n) is 14.3. The molecule has 0 aliphatic rings. The third kappa shape index (κ3) is 3.51. The lowest BCUT2D eigenvalue weighted by Gasteiger charge is -2.12. The highest BCUT2D eigenvalue weighted by Crippen LogP contribution is 2.27. The molecular weight excluding hydrogens is 384 g/mol. The van der Waals surface area contributed by atoms with Crippen molar-refractivity contribution in [2.24, 2.45) is 0 Å². The molecule has 0 fully saturated rings. The number of anilines is 1. The Morgan fingerprint density at radius 2 is 1.96 bits per heavy atom. The van der Waals surface area contributed by atoms with E-state index in [1.807, 2.05) is 41.9 Å². The average Bonchev–Trinajstić information content (AvgIpc) is 3.07. The first-order valence-electron chi connectivity index (χ1n) is 8.11. The minimum absolute atomic E-state index is 0.108. The molecule has 136 valence electrons. The summed E-state index contributed by atoms with van der Waals surface area (Å²) in [6.45, 7) is 1.84. The van der Waals surface area contributed by atoms with Gasteiger partial charge in [-0.15, -0.1) is 0 Å². The summed E-state index contributed by atoms with van der Waals surface area (Å²) < 4.78 is 29.8. The Hall–Kier alpha value is -2.90. The quantitative estimate of drug-likeness (QED) is 0.560. The predicted molar refractivity (Wildman–Crippen MR) is 105 cm³/mol. The van der Waals surface area contributed by atoms with Crippen LogP contribution in [0.2, 0.25) is 5.02 Å². The van der Waals surface area contributed by atoms with Crippen molar-refractivity contribution in [1.29, 1.82) is 0 Å². The molecule has 1 N–H and O–H groups in total. The fourth-order valence-electron chi connectivity index (χ4n) is 2.70. The summed E-state index contributed by atoms with van der Waals surface area (Å²) in [4.78, 5) is 8.79. The topological polar surface area (TPSA) is 76.4 Å². The summed E-state index contributed by atoms with van der Waals surface area (Å²) in [5.74, 6) is 0.578. The van der Waals surface area contributed by atoms with Gasteiger partial charge in [-0.05, 0) is 42.8 Å². The highest BCUT2D eigenvalue weighted by Gasteiger charge is 2.16. The van der Waals surface area contributed by atoms with Crippen molar-refractivity contribution in [3.63, 3.8) is 0 Å². The number of rotatable bonds is 4. The number of nitrogens with one attached hydrogen (secondary N) is 1. The summed E-state index contributed by atoms with van der Waals surface area (Å²) in [5.41, 5.74) is 2.77. The van der Waals surface area contributed by atoms with E-state index in [-0.39, 0.29) is 4.90 Å². The monoisotopic (exact) mass is 398 g/mol. The lowest BCUT2D eigenvalue weighted by atomic mass is 10.1. The molecule has 0 unspecified atom stereocenters. The SMILES string of the molecule is Cc1ccc(-c2cn3cccnc3n2)cc1NS(=O)(=O)c1cccc(Cl)c1. The molecule has 0 saturated carbocycles. The Bertz CT molecular complexity index is 1220. The first kappa shape index (κ1) is 17.5. The van der Waals surface area contributed by atoms with Crippen molar-refractivity contribution in [1.82, 2.24) is 14.4 Å². The molecule has 2 aromatic carbocycles. The number of aryl methyl sites for hydroxylation is 1. The molecular formula is C19H15ClN4O2S. The van der Waals surface area contributed by atoms with Gasteiger partial charge in [-0.3, -0.25) is 9.12 Å². The second-order valence-corrected chi connectivity index (χ2v) is 8.16. The van der Waals surface area contributed by atoms with E-state index >= 15 is 0 Å². The molecule has 6 nitrogen and oxygen atoms in total. The van der Waals surface area contributed by atoms with Gasteiger partial charge < -0.3 is 0 Å². The van der Waals surface area contributed by atoms with Crippen molar-refractivity contribution in [3.8, 4) is 11.3 Å². The minimum atomic E-state index is -3.75. The molecule has 0 atom stereocenters. The first-order valence-corrected chi connectivity index (χ1v) is 9.98. The fraction of sp³-hybridized carbons (Fsp3) is 0.0526. The minimum Gasteiger partial charge on any atom is -0.291 e. The van der Waals surface area contributed by atoms with E-state index in [1.54, 1.807) is 24.4 Å². The number of benzene rings is 2. The largest absolute Gasteiger partial charge is 0.291 e. The number of imidazole rings is 1. The van der Waals surface area contributed by atoms with Gasteiger partial charge in [-0.25, -0.2) is 18.4 Å². The molecule has 2 heterocycles. The number of halogens is 1. The molecule has 8 heteroatoms. The fourth-order valence-corrected chi connectivity index (χ4v) is 4.12. The van der Waals surface area contributed by atoms with Crippen LogP contribution in [0.1, 0.15) is 5.56 Å². The van der Waals surface area contributed by atoms with E-state index < -0.39 is 10.0 Å².